The summed E-state index contributed by atoms with van der Waals surface area (Å²) in [5.74, 6) is 1.79. The van der Waals surface area contributed by atoms with E-state index in [4.69, 9.17) is 9.47 Å². The standard InChI is InChI=1S/C17H20N2O3S/c1-4-14-17(23-9-18-14)19-16(20)13-8-11(13)12-7-10(21-2)5-6-15(12)22-3/h5-7,9,11,13H,4,8H2,1-3H3,(H,19,20)/t11-,13+/m0/s1. The van der Waals surface area contributed by atoms with Crippen molar-refractivity contribution in [3.8, 4) is 11.5 Å². The fourth-order valence-corrected chi connectivity index (χ4v) is 3.56. The number of aromatic nitrogens is 1. The molecule has 2 aromatic rings. The van der Waals surface area contributed by atoms with Crippen LogP contribution in [0, 0.1) is 5.92 Å². The summed E-state index contributed by atoms with van der Waals surface area (Å²) in [6.45, 7) is 2.03. The number of thiazole rings is 1. The molecule has 1 aliphatic carbocycles. The SMILES string of the molecule is CCc1ncsc1NC(=O)[C@@H]1C[C@H]1c1cc(OC)ccc1OC. The highest BCUT2D eigenvalue weighted by atomic mass is 32.1. The van der Waals surface area contributed by atoms with Gasteiger partial charge in [0.05, 0.1) is 25.4 Å². The number of methoxy groups -OCH3 is 2. The van der Waals surface area contributed by atoms with Crippen molar-refractivity contribution >= 4 is 22.2 Å². The molecule has 2 atom stereocenters. The second kappa shape index (κ2) is 6.58. The lowest BCUT2D eigenvalue weighted by Gasteiger charge is -2.10. The predicted molar refractivity (Wildman–Crippen MR) is 90.5 cm³/mol. The predicted octanol–water partition coefficient (Wildman–Crippen LogP) is 3.46. The summed E-state index contributed by atoms with van der Waals surface area (Å²) in [4.78, 5) is 16.7. The quantitative estimate of drug-likeness (QED) is 0.880. The highest BCUT2D eigenvalue weighted by molar-refractivity contribution is 7.14. The highest BCUT2D eigenvalue weighted by Gasteiger charge is 2.45. The zero-order chi connectivity index (χ0) is 16.4. The van der Waals surface area contributed by atoms with Gasteiger partial charge in [-0.2, -0.15) is 0 Å². The van der Waals surface area contributed by atoms with Gasteiger partial charge in [0.25, 0.3) is 0 Å². The number of hydrogen-bond donors (Lipinski definition) is 1. The van der Waals surface area contributed by atoms with Crippen LogP contribution >= 0.6 is 11.3 Å². The zero-order valence-electron chi connectivity index (χ0n) is 13.5. The Hall–Kier alpha value is -2.08. The Morgan fingerprint density at radius 2 is 2.22 bits per heavy atom. The lowest BCUT2D eigenvalue weighted by Crippen LogP contribution is -2.14. The number of ether oxygens (including phenoxy) is 2. The molecule has 1 aromatic carbocycles. The first kappa shape index (κ1) is 15.8. The number of hydrogen-bond acceptors (Lipinski definition) is 5. The second-order valence-electron chi connectivity index (χ2n) is 5.53. The number of carbonyl (C=O) groups is 1. The van der Waals surface area contributed by atoms with Crippen molar-refractivity contribution in [3.63, 3.8) is 0 Å². The van der Waals surface area contributed by atoms with Crippen LogP contribution in [0.3, 0.4) is 0 Å². The van der Waals surface area contributed by atoms with Crippen LogP contribution < -0.4 is 14.8 Å². The van der Waals surface area contributed by atoms with E-state index in [1.807, 2.05) is 25.1 Å². The Morgan fingerprint density at radius 3 is 2.91 bits per heavy atom. The molecule has 0 radical (unpaired) electrons. The van der Waals surface area contributed by atoms with Crippen LogP contribution in [0.1, 0.15) is 30.5 Å². The summed E-state index contributed by atoms with van der Waals surface area (Å²) < 4.78 is 10.7. The molecule has 0 unspecified atom stereocenters. The molecular formula is C17H20N2O3S. The van der Waals surface area contributed by atoms with Gasteiger partial charge in [0.1, 0.15) is 16.5 Å². The molecule has 1 aliphatic rings. The number of amides is 1. The van der Waals surface area contributed by atoms with Crippen LogP contribution in [0.4, 0.5) is 5.00 Å². The third-order valence-corrected chi connectivity index (χ3v) is 4.96. The molecule has 1 aromatic heterocycles. The van der Waals surface area contributed by atoms with Crippen LogP contribution in [0.2, 0.25) is 0 Å². The van der Waals surface area contributed by atoms with Gasteiger partial charge in [-0.3, -0.25) is 4.79 Å². The van der Waals surface area contributed by atoms with E-state index in [9.17, 15) is 4.79 Å². The van der Waals surface area contributed by atoms with Gasteiger partial charge >= 0.3 is 0 Å². The Kier molecular flexibility index (Phi) is 4.52. The van der Waals surface area contributed by atoms with Crippen molar-refractivity contribution in [2.45, 2.75) is 25.7 Å². The van der Waals surface area contributed by atoms with E-state index < -0.39 is 0 Å². The molecular weight excluding hydrogens is 312 g/mol. The highest BCUT2D eigenvalue weighted by Crippen LogP contribution is 2.51. The summed E-state index contributed by atoms with van der Waals surface area (Å²) >= 11 is 1.47. The number of nitrogens with one attached hydrogen (secondary N) is 1. The maximum absolute atomic E-state index is 12.5. The lowest BCUT2D eigenvalue weighted by atomic mass is 10.1. The molecule has 1 amide bonds. The Labute approximate surface area is 139 Å². The first-order chi connectivity index (χ1) is 11.2. The molecule has 1 saturated carbocycles. The van der Waals surface area contributed by atoms with Crippen molar-refractivity contribution in [2.24, 2.45) is 5.92 Å². The van der Waals surface area contributed by atoms with Gasteiger partial charge in [-0.05, 0) is 31.0 Å². The number of benzene rings is 1. The molecule has 0 aliphatic heterocycles. The maximum atomic E-state index is 12.5. The minimum atomic E-state index is -0.0252. The van der Waals surface area contributed by atoms with Gasteiger partial charge in [0, 0.05) is 17.4 Å². The third kappa shape index (κ3) is 3.17. The molecule has 6 heteroatoms. The molecule has 1 N–H and O–H groups in total. The van der Waals surface area contributed by atoms with Crippen molar-refractivity contribution < 1.29 is 14.3 Å². The summed E-state index contributed by atoms with van der Waals surface area (Å²) in [6.07, 6.45) is 1.65. The Balaban J connectivity index is 1.73. The van der Waals surface area contributed by atoms with Crippen molar-refractivity contribution in [1.82, 2.24) is 4.98 Å². The first-order valence-electron chi connectivity index (χ1n) is 7.63. The van der Waals surface area contributed by atoms with Crippen molar-refractivity contribution in [1.29, 1.82) is 0 Å². The van der Waals surface area contributed by atoms with Gasteiger partial charge in [-0.1, -0.05) is 6.92 Å². The second-order valence-corrected chi connectivity index (χ2v) is 6.38. The van der Waals surface area contributed by atoms with Crippen LogP contribution in [0.5, 0.6) is 11.5 Å². The van der Waals surface area contributed by atoms with E-state index in [2.05, 4.69) is 10.3 Å². The normalized spacial score (nSPS) is 19.3. The van der Waals surface area contributed by atoms with Gasteiger partial charge in [-0.15, -0.1) is 11.3 Å². The number of aryl methyl sites for hydroxylation is 1. The topological polar surface area (TPSA) is 60.5 Å². The molecule has 122 valence electrons. The van der Waals surface area contributed by atoms with Crippen LogP contribution in [-0.2, 0) is 11.2 Å². The van der Waals surface area contributed by atoms with E-state index in [1.54, 1.807) is 19.7 Å². The summed E-state index contributed by atoms with van der Waals surface area (Å²) in [7, 11) is 3.28. The minimum Gasteiger partial charge on any atom is -0.497 e. The first-order valence-corrected chi connectivity index (χ1v) is 8.51. The molecule has 0 saturated heterocycles. The molecule has 1 heterocycles. The van der Waals surface area contributed by atoms with Gasteiger partial charge in [-0.25, -0.2) is 4.98 Å². The van der Waals surface area contributed by atoms with Crippen molar-refractivity contribution in [2.75, 3.05) is 19.5 Å². The van der Waals surface area contributed by atoms with Crippen LogP contribution in [0.15, 0.2) is 23.7 Å². The van der Waals surface area contributed by atoms with Gasteiger partial charge in [0.2, 0.25) is 5.91 Å². The Morgan fingerprint density at radius 1 is 1.39 bits per heavy atom. The number of rotatable bonds is 6. The van der Waals surface area contributed by atoms with Crippen LogP contribution in [0.25, 0.3) is 0 Å². The molecule has 0 spiro atoms. The Bertz CT molecular complexity index is 714. The average molecular weight is 332 g/mol. The minimum absolute atomic E-state index is 0.0252. The monoisotopic (exact) mass is 332 g/mol. The largest absolute Gasteiger partial charge is 0.497 e. The fraction of sp³-hybridized carbons (Fsp3) is 0.412. The van der Waals surface area contributed by atoms with Gasteiger partial charge in [0.15, 0.2) is 0 Å². The number of anilines is 1. The molecule has 5 nitrogen and oxygen atoms in total. The van der Waals surface area contributed by atoms with Crippen molar-refractivity contribution in [3.05, 3.63) is 35.0 Å². The number of carbonyl (C=O) groups excluding carboxylic acids is 1. The third-order valence-electron chi connectivity index (χ3n) is 4.18. The van der Waals surface area contributed by atoms with E-state index >= 15 is 0 Å². The van der Waals surface area contributed by atoms with E-state index in [-0.39, 0.29) is 17.7 Å². The molecule has 3 rings (SSSR count). The van der Waals surface area contributed by atoms with Crippen LogP contribution in [-0.4, -0.2) is 25.1 Å². The fourth-order valence-electron chi connectivity index (χ4n) is 2.79. The average Bonchev–Trinajstić information content (AvgIpc) is 3.27. The van der Waals surface area contributed by atoms with Gasteiger partial charge < -0.3 is 14.8 Å². The molecule has 23 heavy (non-hydrogen) atoms. The lowest BCUT2D eigenvalue weighted by molar-refractivity contribution is -0.117. The smallest absolute Gasteiger partial charge is 0.228 e. The molecule has 0 bridgehead atoms. The summed E-state index contributed by atoms with van der Waals surface area (Å²) in [6, 6.07) is 5.71. The zero-order valence-corrected chi connectivity index (χ0v) is 14.3. The summed E-state index contributed by atoms with van der Waals surface area (Å²) in [5, 5.41) is 3.88. The maximum Gasteiger partial charge on any atom is 0.228 e. The summed E-state index contributed by atoms with van der Waals surface area (Å²) in [5.41, 5.74) is 3.75. The number of nitrogens with zero attached hydrogens (tertiary/aromatic N) is 1. The molecule has 1 fully saturated rings. The van der Waals surface area contributed by atoms with E-state index in [0.29, 0.717) is 0 Å². The van der Waals surface area contributed by atoms with E-state index in [0.717, 1.165) is 40.6 Å². The van der Waals surface area contributed by atoms with E-state index in [1.165, 1.54) is 11.3 Å².